The van der Waals surface area contributed by atoms with Gasteiger partial charge in [-0.05, 0) is 24.1 Å². The number of carbonyl (C=O) groups is 1. The predicted octanol–water partition coefficient (Wildman–Crippen LogP) is 1.79. The van der Waals surface area contributed by atoms with E-state index < -0.39 is 0 Å². The summed E-state index contributed by atoms with van der Waals surface area (Å²) in [4.78, 5) is 11.4. The summed E-state index contributed by atoms with van der Waals surface area (Å²) in [7, 11) is 0. The summed E-state index contributed by atoms with van der Waals surface area (Å²) in [5.41, 5.74) is 0.651. The lowest BCUT2D eigenvalue weighted by atomic mass is 10.1. The van der Waals surface area contributed by atoms with Crippen molar-refractivity contribution in [2.24, 2.45) is 0 Å². The molecule has 0 bridgehead atoms. The van der Waals surface area contributed by atoms with Crippen molar-refractivity contribution in [1.29, 1.82) is 5.26 Å². The summed E-state index contributed by atoms with van der Waals surface area (Å²) in [5.74, 6) is -0.488. The van der Waals surface area contributed by atoms with E-state index in [9.17, 15) is 9.18 Å². The Kier molecular flexibility index (Phi) is 5.00. The van der Waals surface area contributed by atoms with Crippen LogP contribution in [0.5, 0.6) is 0 Å². The zero-order valence-corrected chi connectivity index (χ0v) is 8.87. The Bertz CT molecular complexity index is 398. The molecule has 1 aromatic rings. The van der Waals surface area contributed by atoms with Crippen LogP contribution in [0.25, 0.3) is 0 Å². The van der Waals surface area contributed by atoms with Crippen LogP contribution in [0.2, 0.25) is 0 Å². The number of nitrogens with one attached hydrogen (secondary N) is 1. The molecule has 1 aromatic carbocycles. The van der Waals surface area contributed by atoms with Gasteiger partial charge in [-0.3, -0.25) is 4.79 Å². The van der Waals surface area contributed by atoms with Gasteiger partial charge in [0.2, 0.25) is 5.91 Å². The standard InChI is InChI=1S/C12H13FN2O/c13-11-5-3-4-10(8-11)9-12(16)15-7-2-1-6-14/h3-5,8H,1-2,7,9H2,(H,15,16). The van der Waals surface area contributed by atoms with Crippen LogP contribution < -0.4 is 5.32 Å². The molecule has 16 heavy (non-hydrogen) atoms. The van der Waals surface area contributed by atoms with Crippen LogP contribution in [0.1, 0.15) is 18.4 Å². The fourth-order valence-corrected chi connectivity index (χ4v) is 1.29. The van der Waals surface area contributed by atoms with Crippen molar-refractivity contribution in [3.63, 3.8) is 0 Å². The van der Waals surface area contributed by atoms with Crippen molar-refractivity contribution in [2.45, 2.75) is 19.3 Å². The average Bonchev–Trinajstić information content (AvgIpc) is 2.24. The minimum absolute atomic E-state index is 0.150. The number of hydrogen-bond donors (Lipinski definition) is 1. The number of amides is 1. The van der Waals surface area contributed by atoms with Gasteiger partial charge < -0.3 is 5.32 Å². The van der Waals surface area contributed by atoms with Crippen molar-refractivity contribution in [3.05, 3.63) is 35.6 Å². The van der Waals surface area contributed by atoms with Gasteiger partial charge in [0.25, 0.3) is 0 Å². The number of halogens is 1. The van der Waals surface area contributed by atoms with Gasteiger partial charge in [-0.15, -0.1) is 0 Å². The Morgan fingerprint density at radius 2 is 2.31 bits per heavy atom. The van der Waals surface area contributed by atoms with Gasteiger partial charge in [-0.25, -0.2) is 4.39 Å². The molecule has 0 aromatic heterocycles. The van der Waals surface area contributed by atoms with Crippen LogP contribution in [-0.2, 0) is 11.2 Å². The number of nitriles is 1. The number of rotatable bonds is 5. The van der Waals surface area contributed by atoms with E-state index in [1.54, 1.807) is 12.1 Å². The minimum Gasteiger partial charge on any atom is -0.356 e. The molecule has 0 fully saturated rings. The molecule has 4 heteroatoms. The van der Waals surface area contributed by atoms with Crippen molar-refractivity contribution in [2.75, 3.05) is 6.54 Å². The van der Waals surface area contributed by atoms with E-state index in [1.807, 2.05) is 6.07 Å². The van der Waals surface area contributed by atoms with E-state index in [2.05, 4.69) is 5.32 Å². The molecular formula is C12H13FN2O. The van der Waals surface area contributed by atoms with Crippen LogP contribution in [0.4, 0.5) is 4.39 Å². The summed E-state index contributed by atoms with van der Waals surface area (Å²) < 4.78 is 12.8. The molecule has 0 spiro atoms. The summed E-state index contributed by atoms with van der Waals surface area (Å²) in [5, 5.41) is 11.0. The van der Waals surface area contributed by atoms with Crippen LogP contribution in [0.3, 0.4) is 0 Å². The van der Waals surface area contributed by atoms with E-state index in [-0.39, 0.29) is 18.1 Å². The third kappa shape index (κ3) is 4.56. The van der Waals surface area contributed by atoms with E-state index >= 15 is 0 Å². The minimum atomic E-state index is -0.338. The Morgan fingerprint density at radius 1 is 1.50 bits per heavy atom. The van der Waals surface area contributed by atoms with Gasteiger partial charge in [0, 0.05) is 13.0 Å². The van der Waals surface area contributed by atoms with Gasteiger partial charge >= 0.3 is 0 Å². The first-order chi connectivity index (χ1) is 7.72. The number of benzene rings is 1. The topological polar surface area (TPSA) is 52.9 Å². The van der Waals surface area contributed by atoms with E-state index in [0.717, 1.165) is 0 Å². The average molecular weight is 220 g/mol. The van der Waals surface area contributed by atoms with Crippen LogP contribution in [0, 0.1) is 17.1 Å². The SMILES string of the molecule is N#CCCCNC(=O)Cc1cccc(F)c1. The summed E-state index contributed by atoms with van der Waals surface area (Å²) in [6.07, 6.45) is 1.25. The van der Waals surface area contributed by atoms with Crippen LogP contribution in [-0.4, -0.2) is 12.5 Å². The first-order valence-electron chi connectivity index (χ1n) is 5.10. The molecule has 84 valence electrons. The maximum Gasteiger partial charge on any atom is 0.224 e. The molecule has 0 aliphatic carbocycles. The molecule has 1 rings (SSSR count). The maximum absolute atomic E-state index is 12.8. The Hall–Kier alpha value is -1.89. The molecule has 0 heterocycles. The number of unbranched alkanes of at least 4 members (excludes halogenated alkanes) is 1. The molecule has 0 saturated heterocycles. The largest absolute Gasteiger partial charge is 0.356 e. The summed E-state index contributed by atoms with van der Waals surface area (Å²) in [6.45, 7) is 0.488. The highest BCUT2D eigenvalue weighted by Crippen LogP contribution is 2.03. The predicted molar refractivity (Wildman–Crippen MR) is 58.0 cm³/mol. The van der Waals surface area contributed by atoms with Crippen molar-refractivity contribution >= 4 is 5.91 Å². The highest BCUT2D eigenvalue weighted by Gasteiger charge is 2.03. The Balaban J connectivity index is 2.32. The van der Waals surface area contributed by atoms with Crippen LogP contribution in [0.15, 0.2) is 24.3 Å². The lowest BCUT2D eigenvalue weighted by Gasteiger charge is -2.03. The zero-order chi connectivity index (χ0) is 11.8. The smallest absolute Gasteiger partial charge is 0.224 e. The molecule has 3 nitrogen and oxygen atoms in total. The van der Waals surface area contributed by atoms with Gasteiger partial charge in [0.1, 0.15) is 5.82 Å². The monoisotopic (exact) mass is 220 g/mol. The Morgan fingerprint density at radius 3 is 3.00 bits per heavy atom. The highest BCUT2D eigenvalue weighted by atomic mass is 19.1. The third-order valence-corrected chi connectivity index (χ3v) is 2.04. The molecule has 0 unspecified atom stereocenters. The molecule has 0 saturated carbocycles. The second kappa shape index (κ2) is 6.57. The summed E-state index contributed by atoms with van der Waals surface area (Å²) >= 11 is 0. The second-order valence-electron chi connectivity index (χ2n) is 3.42. The number of hydrogen-bond acceptors (Lipinski definition) is 2. The molecule has 0 atom stereocenters. The molecule has 1 amide bonds. The highest BCUT2D eigenvalue weighted by molar-refractivity contribution is 5.78. The Labute approximate surface area is 93.9 Å². The number of carbonyl (C=O) groups excluding carboxylic acids is 1. The van der Waals surface area contributed by atoms with Crippen molar-refractivity contribution in [3.8, 4) is 6.07 Å². The lowest BCUT2D eigenvalue weighted by molar-refractivity contribution is -0.120. The van der Waals surface area contributed by atoms with E-state index in [0.29, 0.717) is 24.9 Å². The summed E-state index contributed by atoms with van der Waals surface area (Å²) in [6, 6.07) is 7.96. The molecule has 0 aliphatic heterocycles. The fourth-order valence-electron chi connectivity index (χ4n) is 1.29. The van der Waals surface area contributed by atoms with E-state index in [4.69, 9.17) is 5.26 Å². The fraction of sp³-hybridized carbons (Fsp3) is 0.333. The van der Waals surface area contributed by atoms with Gasteiger partial charge in [-0.2, -0.15) is 5.26 Å². The van der Waals surface area contributed by atoms with Gasteiger partial charge in [0.05, 0.1) is 12.5 Å². The molecular weight excluding hydrogens is 207 g/mol. The number of nitrogens with zero attached hydrogens (tertiary/aromatic N) is 1. The van der Waals surface area contributed by atoms with Gasteiger partial charge in [-0.1, -0.05) is 12.1 Å². The molecule has 0 radical (unpaired) electrons. The van der Waals surface area contributed by atoms with E-state index in [1.165, 1.54) is 12.1 Å². The van der Waals surface area contributed by atoms with Crippen LogP contribution >= 0.6 is 0 Å². The van der Waals surface area contributed by atoms with Crippen molar-refractivity contribution in [1.82, 2.24) is 5.32 Å². The quantitative estimate of drug-likeness (QED) is 0.769. The first-order valence-corrected chi connectivity index (χ1v) is 5.10. The second-order valence-corrected chi connectivity index (χ2v) is 3.42. The first kappa shape index (κ1) is 12.2. The van der Waals surface area contributed by atoms with Crippen molar-refractivity contribution < 1.29 is 9.18 Å². The zero-order valence-electron chi connectivity index (χ0n) is 8.87. The van der Waals surface area contributed by atoms with Gasteiger partial charge in [0.15, 0.2) is 0 Å². The third-order valence-electron chi connectivity index (χ3n) is 2.04. The molecule has 0 aliphatic rings. The maximum atomic E-state index is 12.8. The normalized spacial score (nSPS) is 9.50. The molecule has 1 N–H and O–H groups in total. The lowest BCUT2D eigenvalue weighted by Crippen LogP contribution is -2.26.